The van der Waals surface area contributed by atoms with E-state index in [0.29, 0.717) is 23.3 Å². The average molecular weight is 325 g/mol. The van der Waals surface area contributed by atoms with Crippen LogP contribution in [0.2, 0.25) is 0 Å². The molecule has 1 aromatic carbocycles. The van der Waals surface area contributed by atoms with Gasteiger partial charge in [-0.05, 0) is 31.0 Å². The lowest BCUT2D eigenvalue weighted by Gasteiger charge is -2.10. The topological polar surface area (TPSA) is 88.2 Å². The molecule has 0 unspecified atom stereocenters. The SMILES string of the molecule is C=C(NC(=O)C1CC1)Nc1ccc(Oc2cccc(NC)c2)nn1. The molecular weight excluding hydrogens is 306 g/mol. The summed E-state index contributed by atoms with van der Waals surface area (Å²) in [4.78, 5) is 11.6. The average Bonchev–Trinajstić information content (AvgIpc) is 3.42. The van der Waals surface area contributed by atoms with Crippen molar-refractivity contribution in [2.75, 3.05) is 17.7 Å². The standard InChI is InChI=1S/C17H19N5O2/c1-11(20-17(23)12-6-7-12)19-15-8-9-16(22-21-15)24-14-5-3-4-13(10-14)18-2/h3-5,8-10,12,18H,1,6-7H2,2H3,(H,19,21)(H,20,23). The van der Waals surface area contributed by atoms with Gasteiger partial charge in [-0.15, -0.1) is 10.2 Å². The molecule has 7 nitrogen and oxygen atoms in total. The van der Waals surface area contributed by atoms with Gasteiger partial charge in [0.1, 0.15) is 11.6 Å². The summed E-state index contributed by atoms with van der Waals surface area (Å²) in [5.74, 6) is 2.02. The fourth-order valence-corrected chi connectivity index (χ4v) is 2.06. The van der Waals surface area contributed by atoms with Crippen molar-refractivity contribution in [3.05, 3.63) is 48.8 Å². The number of carbonyl (C=O) groups excluding carboxylic acids is 1. The highest BCUT2D eigenvalue weighted by molar-refractivity contribution is 5.82. The number of rotatable bonds is 7. The third-order valence-electron chi connectivity index (χ3n) is 3.49. The molecule has 24 heavy (non-hydrogen) atoms. The van der Waals surface area contributed by atoms with Crippen molar-refractivity contribution < 1.29 is 9.53 Å². The Morgan fingerprint density at radius 1 is 1.25 bits per heavy atom. The van der Waals surface area contributed by atoms with Crippen molar-refractivity contribution in [3.8, 4) is 11.6 Å². The van der Waals surface area contributed by atoms with Crippen molar-refractivity contribution in [2.45, 2.75) is 12.8 Å². The molecule has 3 rings (SSSR count). The largest absolute Gasteiger partial charge is 0.437 e. The van der Waals surface area contributed by atoms with Crippen LogP contribution in [0.25, 0.3) is 0 Å². The summed E-state index contributed by atoms with van der Waals surface area (Å²) in [5, 5.41) is 16.7. The number of carbonyl (C=O) groups is 1. The number of nitrogens with one attached hydrogen (secondary N) is 3. The van der Waals surface area contributed by atoms with Crippen LogP contribution in [-0.2, 0) is 4.79 Å². The zero-order valence-electron chi connectivity index (χ0n) is 13.4. The second kappa shape index (κ2) is 6.99. The number of hydrogen-bond acceptors (Lipinski definition) is 6. The molecule has 0 spiro atoms. The highest BCUT2D eigenvalue weighted by Gasteiger charge is 2.29. The fourth-order valence-electron chi connectivity index (χ4n) is 2.06. The Labute approximate surface area is 140 Å². The number of ether oxygens (including phenoxy) is 1. The van der Waals surface area contributed by atoms with Gasteiger partial charge in [-0.1, -0.05) is 12.6 Å². The second-order valence-electron chi connectivity index (χ2n) is 5.50. The van der Waals surface area contributed by atoms with E-state index >= 15 is 0 Å². The summed E-state index contributed by atoms with van der Waals surface area (Å²) in [6.07, 6.45) is 1.89. The van der Waals surface area contributed by atoms with Crippen molar-refractivity contribution >= 4 is 17.4 Å². The van der Waals surface area contributed by atoms with E-state index in [1.165, 1.54) is 0 Å². The number of anilines is 2. The predicted molar refractivity (Wildman–Crippen MR) is 91.7 cm³/mol. The first kappa shape index (κ1) is 15.8. The Morgan fingerprint density at radius 3 is 2.75 bits per heavy atom. The molecule has 7 heteroatoms. The van der Waals surface area contributed by atoms with Crippen molar-refractivity contribution in [3.63, 3.8) is 0 Å². The van der Waals surface area contributed by atoms with Gasteiger partial charge in [0.15, 0.2) is 5.82 Å². The van der Waals surface area contributed by atoms with Gasteiger partial charge in [0.05, 0.1) is 0 Å². The number of benzene rings is 1. The van der Waals surface area contributed by atoms with Crippen LogP contribution in [0.1, 0.15) is 12.8 Å². The van der Waals surface area contributed by atoms with Gasteiger partial charge in [0, 0.05) is 30.8 Å². The van der Waals surface area contributed by atoms with E-state index in [0.717, 1.165) is 18.5 Å². The maximum atomic E-state index is 11.6. The number of hydrogen-bond donors (Lipinski definition) is 3. The minimum atomic E-state index is -0.00942. The minimum Gasteiger partial charge on any atom is -0.437 e. The number of aromatic nitrogens is 2. The van der Waals surface area contributed by atoms with E-state index in [1.807, 2.05) is 31.3 Å². The molecule has 1 saturated carbocycles. The van der Waals surface area contributed by atoms with E-state index in [2.05, 4.69) is 32.7 Å². The second-order valence-corrected chi connectivity index (χ2v) is 5.50. The highest BCUT2D eigenvalue weighted by Crippen LogP contribution is 2.29. The van der Waals surface area contributed by atoms with Gasteiger partial charge in [0.2, 0.25) is 11.8 Å². The van der Waals surface area contributed by atoms with Crippen LogP contribution in [0.5, 0.6) is 11.6 Å². The lowest BCUT2D eigenvalue weighted by Crippen LogP contribution is -2.27. The summed E-state index contributed by atoms with van der Waals surface area (Å²) in [5.41, 5.74) is 0.946. The van der Waals surface area contributed by atoms with Crippen molar-refractivity contribution in [1.82, 2.24) is 15.5 Å². The van der Waals surface area contributed by atoms with Crippen LogP contribution < -0.4 is 20.7 Å². The first-order valence-corrected chi connectivity index (χ1v) is 7.70. The van der Waals surface area contributed by atoms with E-state index in [9.17, 15) is 4.79 Å². The summed E-state index contributed by atoms with van der Waals surface area (Å²) in [7, 11) is 1.84. The van der Waals surface area contributed by atoms with Gasteiger partial charge < -0.3 is 20.7 Å². The van der Waals surface area contributed by atoms with Gasteiger partial charge in [-0.25, -0.2) is 0 Å². The smallest absolute Gasteiger partial charge is 0.238 e. The normalized spacial score (nSPS) is 13.0. The Kier molecular flexibility index (Phi) is 4.60. The molecule has 0 aliphatic heterocycles. The quantitative estimate of drug-likeness (QED) is 0.725. The zero-order chi connectivity index (χ0) is 16.9. The molecule has 0 radical (unpaired) electrons. The van der Waals surface area contributed by atoms with Crippen molar-refractivity contribution in [1.29, 1.82) is 0 Å². The molecular formula is C17H19N5O2. The number of nitrogens with zero attached hydrogens (tertiary/aromatic N) is 2. The maximum absolute atomic E-state index is 11.6. The van der Waals surface area contributed by atoms with Crippen LogP contribution in [0, 0.1) is 5.92 Å². The first-order chi connectivity index (χ1) is 11.6. The molecule has 1 amide bonds. The fraction of sp³-hybridized carbons (Fsp3) is 0.235. The van der Waals surface area contributed by atoms with Crippen LogP contribution in [0.15, 0.2) is 48.8 Å². The molecule has 3 N–H and O–H groups in total. The maximum Gasteiger partial charge on any atom is 0.238 e. The molecule has 2 aromatic rings. The first-order valence-electron chi connectivity index (χ1n) is 7.70. The molecule has 0 bridgehead atoms. The lowest BCUT2D eigenvalue weighted by atomic mass is 10.3. The minimum absolute atomic E-state index is 0.00942. The Balaban J connectivity index is 1.56. The van der Waals surface area contributed by atoms with Crippen LogP contribution >= 0.6 is 0 Å². The summed E-state index contributed by atoms with van der Waals surface area (Å²) < 4.78 is 5.65. The monoisotopic (exact) mass is 325 g/mol. The van der Waals surface area contributed by atoms with Crippen LogP contribution in [0.3, 0.4) is 0 Å². The third kappa shape index (κ3) is 4.22. The molecule has 1 aliphatic carbocycles. The van der Waals surface area contributed by atoms with E-state index < -0.39 is 0 Å². The highest BCUT2D eigenvalue weighted by atomic mass is 16.5. The molecule has 0 saturated heterocycles. The molecule has 1 heterocycles. The van der Waals surface area contributed by atoms with E-state index in [1.54, 1.807) is 12.1 Å². The van der Waals surface area contributed by atoms with Gasteiger partial charge in [0.25, 0.3) is 0 Å². The molecule has 1 aliphatic rings. The predicted octanol–water partition coefficient (Wildman–Crippen LogP) is 2.72. The third-order valence-corrected chi connectivity index (χ3v) is 3.49. The molecule has 1 aromatic heterocycles. The van der Waals surface area contributed by atoms with E-state index in [-0.39, 0.29) is 11.8 Å². The van der Waals surface area contributed by atoms with Crippen molar-refractivity contribution in [2.24, 2.45) is 5.92 Å². The molecule has 124 valence electrons. The zero-order valence-corrected chi connectivity index (χ0v) is 13.4. The molecule has 1 fully saturated rings. The van der Waals surface area contributed by atoms with Crippen LogP contribution in [0.4, 0.5) is 11.5 Å². The Morgan fingerprint density at radius 2 is 2.08 bits per heavy atom. The van der Waals surface area contributed by atoms with Crippen LogP contribution in [-0.4, -0.2) is 23.2 Å². The van der Waals surface area contributed by atoms with E-state index in [4.69, 9.17) is 4.74 Å². The number of amides is 1. The van der Waals surface area contributed by atoms with Gasteiger partial charge >= 0.3 is 0 Å². The van der Waals surface area contributed by atoms with Gasteiger partial charge in [-0.3, -0.25) is 4.79 Å². The summed E-state index contributed by atoms with van der Waals surface area (Å²) in [6.45, 7) is 3.76. The Bertz CT molecular complexity index is 741. The lowest BCUT2D eigenvalue weighted by molar-refractivity contribution is -0.121. The Hall–Kier alpha value is -3.09. The van der Waals surface area contributed by atoms with Gasteiger partial charge in [-0.2, -0.15) is 0 Å². The summed E-state index contributed by atoms with van der Waals surface area (Å²) >= 11 is 0. The summed E-state index contributed by atoms with van der Waals surface area (Å²) in [6, 6.07) is 10.9. The molecule has 0 atom stereocenters.